The molecule has 1 amide bonds. The van der Waals surface area contributed by atoms with Crippen molar-refractivity contribution in [1.82, 2.24) is 15.5 Å². The zero-order valence-corrected chi connectivity index (χ0v) is 16.7. The van der Waals surface area contributed by atoms with Crippen LogP contribution in [0.15, 0.2) is 46.8 Å². The number of carbonyl (C=O) groups excluding carboxylic acids is 1. The topological polar surface area (TPSA) is 56.7 Å². The number of hydrogen-bond donors (Lipinski definition) is 2. The third-order valence-electron chi connectivity index (χ3n) is 4.60. The number of fused-ring (bicyclic) bond motifs is 1. The number of thiophene rings is 1. The molecular weight excluding hydrogens is 356 g/mol. The van der Waals surface area contributed by atoms with Gasteiger partial charge in [0.1, 0.15) is 0 Å². The van der Waals surface area contributed by atoms with Gasteiger partial charge in [-0.1, -0.05) is 30.3 Å². The molecule has 0 bridgehead atoms. The van der Waals surface area contributed by atoms with E-state index >= 15 is 0 Å². The first-order valence-electron chi connectivity index (χ1n) is 9.65. The van der Waals surface area contributed by atoms with Gasteiger partial charge in [-0.2, -0.15) is 0 Å². The summed E-state index contributed by atoms with van der Waals surface area (Å²) in [6.45, 7) is 5.88. The molecule has 1 aromatic carbocycles. The van der Waals surface area contributed by atoms with E-state index in [1.807, 2.05) is 17.0 Å². The summed E-state index contributed by atoms with van der Waals surface area (Å²) in [5.41, 5.74) is 2.54. The number of guanidine groups is 1. The Morgan fingerprint density at radius 1 is 1.15 bits per heavy atom. The lowest BCUT2D eigenvalue weighted by atomic mass is 10.1. The number of benzene rings is 1. The number of nitrogens with one attached hydrogen (secondary N) is 2. The molecule has 2 N–H and O–H groups in total. The van der Waals surface area contributed by atoms with Crippen LogP contribution in [0.3, 0.4) is 0 Å². The van der Waals surface area contributed by atoms with E-state index in [4.69, 9.17) is 0 Å². The Morgan fingerprint density at radius 3 is 2.59 bits per heavy atom. The molecule has 3 rings (SSSR count). The molecular formula is C21H28N4OS. The average molecular weight is 385 g/mol. The van der Waals surface area contributed by atoms with Crippen molar-refractivity contribution in [1.29, 1.82) is 0 Å². The summed E-state index contributed by atoms with van der Waals surface area (Å²) in [5.74, 6) is 1.05. The summed E-state index contributed by atoms with van der Waals surface area (Å²) >= 11 is 1.78. The van der Waals surface area contributed by atoms with Gasteiger partial charge in [-0.05, 0) is 42.3 Å². The quantitative estimate of drug-likeness (QED) is 0.418. The maximum absolute atomic E-state index is 12.4. The molecule has 0 aliphatic carbocycles. The molecule has 2 aromatic rings. The third-order valence-corrected chi connectivity index (χ3v) is 5.54. The van der Waals surface area contributed by atoms with Gasteiger partial charge in [-0.3, -0.25) is 9.79 Å². The molecule has 1 aliphatic heterocycles. The van der Waals surface area contributed by atoms with Crippen molar-refractivity contribution < 1.29 is 4.79 Å². The molecule has 27 heavy (non-hydrogen) atoms. The minimum atomic E-state index is 0.219. The van der Waals surface area contributed by atoms with Crippen molar-refractivity contribution in [2.24, 2.45) is 4.99 Å². The lowest BCUT2D eigenvalue weighted by Crippen LogP contribution is -2.38. The van der Waals surface area contributed by atoms with Crippen LogP contribution >= 0.6 is 11.3 Å². The van der Waals surface area contributed by atoms with Gasteiger partial charge in [0, 0.05) is 44.0 Å². The molecule has 0 saturated heterocycles. The molecule has 0 unspecified atom stereocenters. The van der Waals surface area contributed by atoms with Gasteiger partial charge in [-0.25, -0.2) is 0 Å². The van der Waals surface area contributed by atoms with Crippen molar-refractivity contribution in [3.05, 3.63) is 57.8 Å². The highest BCUT2D eigenvalue weighted by Crippen LogP contribution is 2.22. The minimum absolute atomic E-state index is 0.219. The van der Waals surface area contributed by atoms with Crippen LogP contribution in [-0.2, 0) is 24.3 Å². The van der Waals surface area contributed by atoms with E-state index in [0.717, 1.165) is 45.0 Å². The highest BCUT2D eigenvalue weighted by atomic mass is 32.1. The molecule has 144 valence electrons. The zero-order chi connectivity index (χ0) is 18.9. The van der Waals surface area contributed by atoms with E-state index in [9.17, 15) is 4.79 Å². The highest BCUT2D eigenvalue weighted by molar-refractivity contribution is 7.09. The van der Waals surface area contributed by atoms with Gasteiger partial charge in [-0.15, -0.1) is 11.3 Å². The molecule has 0 saturated carbocycles. The van der Waals surface area contributed by atoms with Gasteiger partial charge in [0.05, 0.1) is 0 Å². The molecule has 0 fully saturated rings. The Balaban J connectivity index is 1.38. The van der Waals surface area contributed by atoms with Crippen LogP contribution in [0.1, 0.15) is 35.8 Å². The number of nitrogens with zero attached hydrogens (tertiary/aromatic N) is 2. The van der Waals surface area contributed by atoms with Crippen LogP contribution < -0.4 is 10.6 Å². The van der Waals surface area contributed by atoms with Gasteiger partial charge < -0.3 is 15.5 Å². The van der Waals surface area contributed by atoms with Crippen molar-refractivity contribution in [3.63, 3.8) is 0 Å². The first-order valence-corrected chi connectivity index (χ1v) is 10.5. The molecule has 0 atom stereocenters. The maximum Gasteiger partial charge on any atom is 0.223 e. The van der Waals surface area contributed by atoms with Crippen LogP contribution in [-0.4, -0.2) is 36.4 Å². The summed E-state index contributed by atoms with van der Waals surface area (Å²) in [6, 6.07) is 12.5. The number of rotatable bonds is 8. The van der Waals surface area contributed by atoms with E-state index in [0.29, 0.717) is 13.0 Å². The zero-order valence-electron chi connectivity index (χ0n) is 15.9. The number of carbonyl (C=O) groups is 1. The predicted molar refractivity (Wildman–Crippen MR) is 112 cm³/mol. The largest absolute Gasteiger partial charge is 0.357 e. The Labute approximate surface area is 165 Å². The van der Waals surface area contributed by atoms with Gasteiger partial charge in [0.15, 0.2) is 5.96 Å². The number of hydrogen-bond acceptors (Lipinski definition) is 3. The molecule has 2 heterocycles. The summed E-state index contributed by atoms with van der Waals surface area (Å²) in [4.78, 5) is 20.3. The molecule has 0 radical (unpaired) electrons. The second-order valence-electron chi connectivity index (χ2n) is 6.64. The monoisotopic (exact) mass is 384 g/mol. The van der Waals surface area contributed by atoms with E-state index in [1.54, 1.807) is 11.3 Å². The van der Waals surface area contributed by atoms with Crippen molar-refractivity contribution in [2.75, 3.05) is 19.6 Å². The SMILES string of the molecule is CCNC(=NCCCC(=O)N1Cc2ccccc2C1)NCCc1cccs1. The fourth-order valence-electron chi connectivity index (χ4n) is 3.19. The first kappa shape index (κ1) is 19.4. The fraction of sp³-hybridized carbons (Fsp3) is 0.429. The van der Waals surface area contributed by atoms with Crippen LogP contribution in [0, 0.1) is 0 Å². The summed E-state index contributed by atoms with van der Waals surface area (Å²) in [7, 11) is 0. The van der Waals surface area contributed by atoms with Crippen LogP contribution in [0.4, 0.5) is 0 Å². The van der Waals surface area contributed by atoms with Crippen molar-refractivity contribution in [3.8, 4) is 0 Å². The maximum atomic E-state index is 12.4. The summed E-state index contributed by atoms with van der Waals surface area (Å²) < 4.78 is 0. The second-order valence-corrected chi connectivity index (χ2v) is 7.67. The third kappa shape index (κ3) is 5.82. The molecule has 0 spiro atoms. The average Bonchev–Trinajstić information content (AvgIpc) is 3.34. The van der Waals surface area contributed by atoms with Gasteiger partial charge in [0.25, 0.3) is 0 Å². The highest BCUT2D eigenvalue weighted by Gasteiger charge is 2.22. The normalized spacial score (nSPS) is 13.5. The number of amides is 1. The number of aliphatic imine (C=N–C) groups is 1. The standard InChI is InChI=1S/C21H28N4OS/c1-2-22-21(24-13-11-19-9-6-14-27-19)23-12-5-10-20(26)25-15-17-7-3-4-8-18(17)16-25/h3-4,6-9,14H,2,5,10-13,15-16H2,1H3,(H2,22,23,24). The van der Waals surface area contributed by atoms with E-state index < -0.39 is 0 Å². The second kappa shape index (κ2) is 10.1. The Bertz CT molecular complexity index is 732. The molecule has 6 heteroatoms. The summed E-state index contributed by atoms with van der Waals surface area (Å²) in [6.07, 6.45) is 2.31. The molecule has 1 aromatic heterocycles. The van der Waals surface area contributed by atoms with E-state index in [1.165, 1.54) is 16.0 Å². The van der Waals surface area contributed by atoms with Crippen LogP contribution in [0.5, 0.6) is 0 Å². The Hall–Kier alpha value is -2.34. The summed E-state index contributed by atoms with van der Waals surface area (Å²) in [5, 5.41) is 8.73. The lowest BCUT2D eigenvalue weighted by molar-refractivity contribution is -0.131. The van der Waals surface area contributed by atoms with Crippen molar-refractivity contribution in [2.45, 2.75) is 39.3 Å². The molecule has 1 aliphatic rings. The smallest absolute Gasteiger partial charge is 0.223 e. The van der Waals surface area contributed by atoms with Gasteiger partial charge in [0.2, 0.25) is 5.91 Å². The van der Waals surface area contributed by atoms with E-state index in [2.05, 4.69) is 52.2 Å². The van der Waals surface area contributed by atoms with Crippen molar-refractivity contribution >= 4 is 23.2 Å². The Kier molecular flexibility index (Phi) is 7.27. The predicted octanol–water partition coefficient (Wildman–Crippen LogP) is 3.17. The fourth-order valence-corrected chi connectivity index (χ4v) is 3.90. The lowest BCUT2D eigenvalue weighted by Gasteiger charge is -2.15. The van der Waals surface area contributed by atoms with E-state index in [-0.39, 0.29) is 5.91 Å². The van der Waals surface area contributed by atoms with Crippen LogP contribution in [0.25, 0.3) is 0 Å². The first-order chi connectivity index (χ1) is 13.3. The van der Waals surface area contributed by atoms with Crippen LogP contribution in [0.2, 0.25) is 0 Å². The Morgan fingerprint density at radius 2 is 1.93 bits per heavy atom. The van der Waals surface area contributed by atoms with Gasteiger partial charge >= 0.3 is 0 Å². The minimum Gasteiger partial charge on any atom is -0.357 e. The molecule has 5 nitrogen and oxygen atoms in total.